The van der Waals surface area contributed by atoms with Crippen LogP contribution in [0.25, 0.3) is 10.9 Å². The molecule has 1 unspecified atom stereocenters. The zero-order valence-corrected chi connectivity index (χ0v) is 14.6. The van der Waals surface area contributed by atoms with Gasteiger partial charge in [-0.25, -0.2) is 4.79 Å². The molecule has 7 nitrogen and oxygen atoms in total. The molecule has 2 aromatic rings. The summed E-state index contributed by atoms with van der Waals surface area (Å²) in [4.78, 5) is 34.7. The largest absolute Gasteiger partial charge is 0.481 e. The first-order valence-corrected chi connectivity index (χ1v) is 8.17. The highest BCUT2D eigenvalue weighted by molar-refractivity contribution is 6.31. The topological polar surface area (TPSA) is 109 Å². The molecule has 1 aromatic heterocycles. The van der Waals surface area contributed by atoms with Gasteiger partial charge in [0.1, 0.15) is 11.7 Å². The van der Waals surface area contributed by atoms with Crippen LogP contribution in [0.3, 0.4) is 0 Å². The summed E-state index contributed by atoms with van der Waals surface area (Å²) >= 11 is 6.03. The SMILES string of the molecule is CCn1c(C(=O)NC(CCC(=O)O)C(=O)O)c(C)c2cc(Cl)ccc21. The van der Waals surface area contributed by atoms with Gasteiger partial charge in [-0.2, -0.15) is 0 Å². The quantitative estimate of drug-likeness (QED) is 0.698. The molecule has 3 N–H and O–H groups in total. The number of carboxylic acid groups (broad SMARTS) is 2. The Hall–Kier alpha value is -2.54. The Bertz CT molecular complexity index is 843. The molecule has 134 valence electrons. The maximum Gasteiger partial charge on any atom is 0.326 e. The number of aliphatic carboxylic acids is 2. The van der Waals surface area contributed by atoms with Crippen LogP contribution in [-0.2, 0) is 16.1 Å². The lowest BCUT2D eigenvalue weighted by Gasteiger charge is -2.15. The molecule has 25 heavy (non-hydrogen) atoms. The van der Waals surface area contributed by atoms with Gasteiger partial charge in [0.05, 0.1) is 0 Å². The van der Waals surface area contributed by atoms with Gasteiger partial charge in [0.2, 0.25) is 0 Å². The fourth-order valence-corrected chi connectivity index (χ4v) is 3.04. The maximum absolute atomic E-state index is 12.7. The summed E-state index contributed by atoms with van der Waals surface area (Å²) in [5, 5.41) is 21.7. The number of aryl methyl sites for hydroxylation is 2. The minimum atomic E-state index is -1.27. The predicted octanol–water partition coefficient (Wildman–Crippen LogP) is 2.67. The van der Waals surface area contributed by atoms with Crippen LogP contribution in [-0.4, -0.2) is 38.7 Å². The maximum atomic E-state index is 12.7. The van der Waals surface area contributed by atoms with E-state index in [-0.39, 0.29) is 12.8 Å². The molecular weight excluding hydrogens is 348 g/mol. The van der Waals surface area contributed by atoms with Crippen molar-refractivity contribution in [2.24, 2.45) is 0 Å². The van der Waals surface area contributed by atoms with Gasteiger partial charge in [0.15, 0.2) is 0 Å². The number of hydrogen-bond donors (Lipinski definition) is 3. The molecular formula is C17H19ClN2O5. The molecule has 0 saturated heterocycles. The Morgan fingerprint density at radius 2 is 1.96 bits per heavy atom. The number of amides is 1. The molecule has 0 radical (unpaired) electrons. The summed E-state index contributed by atoms with van der Waals surface area (Å²) in [6, 6.07) is 4.03. The highest BCUT2D eigenvalue weighted by Crippen LogP contribution is 2.28. The average Bonchev–Trinajstić information content (AvgIpc) is 2.82. The summed E-state index contributed by atoms with van der Waals surface area (Å²) in [6.07, 6.45) is -0.532. The summed E-state index contributed by atoms with van der Waals surface area (Å²) < 4.78 is 1.78. The Morgan fingerprint density at radius 3 is 2.52 bits per heavy atom. The van der Waals surface area contributed by atoms with Gasteiger partial charge in [-0.3, -0.25) is 9.59 Å². The molecule has 0 aliphatic rings. The van der Waals surface area contributed by atoms with Crippen molar-refractivity contribution in [1.29, 1.82) is 0 Å². The predicted molar refractivity (Wildman–Crippen MR) is 93.1 cm³/mol. The number of fused-ring (bicyclic) bond motifs is 1. The number of rotatable bonds is 7. The van der Waals surface area contributed by atoms with Gasteiger partial charge in [-0.05, 0) is 44.0 Å². The standard InChI is InChI=1S/C17H19ClN2O5/c1-3-20-13-6-4-10(18)8-11(13)9(2)15(20)16(23)19-12(17(24)25)5-7-14(21)22/h4,6,8,12H,3,5,7H2,1-2H3,(H,19,23)(H,21,22)(H,24,25). The van der Waals surface area contributed by atoms with Crippen molar-refractivity contribution in [2.75, 3.05) is 0 Å². The number of hydrogen-bond acceptors (Lipinski definition) is 3. The molecule has 0 fully saturated rings. The fourth-order valence-electron chi connectivity index (χ4n) is 2.87. The van der Waals surface area contributed by atoms with Crippen molar-refractivity contribution in [3.63, 3.8) is 0 Å². The van der Waals surface area contributed by atoms with Crippen molar-refractivity contribution >= 4 is 40.3 Å². The first-order chi connectivity index (χ1) is 11.8. The molecule has 2 rings (SSSR count). The van der Waals surface area contributed by atoms with Gasteiger partial charge in [-0.1, -0.05) is 11.6 Å². The first kappa shape index (κ1) is 18.8. The molecule has 0 bridgehead atoms. The summed E-state index contributed by atoms with van der Waals surface area (Å²) in [5.74, 6) is -2.94. The van der Waals surface area contributed by atoms with Gasteiger partial charge >= 0.3 is 11.9 Å². The Balaban J connectivity index is 2.39. The third-order valence-corrected chi connectivity index (χ3v) is 4.30. The van der Waals surface area contributed by atoms with E-state index in [2.05, 4.69) is 5.32 Å². The van der Waals surface area contributed by atoms with Crippen LogP contribution in [0.5, 0.6) is 0 Å². The third-order valence-electron chi connectivity index (χ3n) is 4.06. The molecule has 0 aliphatic heterocycles. The van der Waals surface area contributed by atoms with Crippen molar-refractivity contribution < 1.29 is 24.6 Å². The highest BCUT2D eigenvalue weighted by Gasteiger charge is 2.25. The second-order valence-electron chi connectivity index (χ2n) is 5.68. The van der Waals surface area contributed by atoms with E-state index in [1.807, 2.05) is 13.0 Å². The normalized spacial score (nSPS) is 12.1. The van der Waals surface area contributed by atoms with Crippen LogP contribution in [0.2, 0.25) is 5.02 Å². The van der Waals surface area contributed by atoms with E-state index in [0.29, 0.717) is 22.8 Å². The summed E-state index contributed by atoms with van der Waals surface area (Å²) in [7, 11) is 0. The number of carbonyl (C=O) groups is 3. The molecule has 0 aliphatic carbocycles. The van der Waals surface area contributed by atoms with Crippen molar-refractivity contribution in [1.82, 2.24) is 9.88 Å². The van der Waals surface area contributed by atoms with E-state index in [1.54, 1.807) is 23.6 Å². The average molecular weight is 367 g/mol. The van der Waals surface area contributed by atoms with E-state index in [4.69, 9.17) is 16.7 Å². The molecule has 0 spiro atoms. The van der Waals surface area contributed by atoms with Gasteiger partial charge in [-0.15, -0.1) is 0 Å². The van der Waals surface area contributed by atoms with Crippen LogP contribution in [0.4, 0.5) is 0 Å². The smallest absolute Gasteiger partial charge is 0.326 e. The number of aromatic nitrogens is 1. The second kappa shape index (κ2) is 7.57. The lowest BCUT2D eigenvalue weighted by atomic mass is 10.1. The molecule has 8 heteroatoms. The molecule has 1 atom stereocenters. The van der Waals surface area contributed by atoms with Crippen LogP contribution in [0, 0.1) is 6.92 Å². The van der Waals surface area contributed by atoms with Gasteiger partial charge in [0.25, 0.3) is 5.91 Å². The van der Waals surface area contributed by atoms with Crippen LogP contribution >= 0.6 is 11.6 Å². The van der Waals surface area contributed by atoms with Gasteiger partial charge in [0, 0.05) is 28.9 Å². The number of benzene rings is 1. The summed E-state index contributed by atoms with van der Waals surface area (Å²) in [6.45, 7) is 4.16. The van der Waals surface area contributed by atoms with E-state index in [9.17, 15) is 19.5 Å². The minimum absolute atomic E-state index is 0.187. The lowest BCUT2D eigenvalue weighted by molar-refractivity contribution is -0.140. The lowest BCUT2D eigenvalue weighted by Crippen LogP contribution is -2.42. The number of nitrogens with one attached hydrogen (secondary N) is 1. The highest BCUT2D eigenvalue weighted by atomic mass is 35.5. The fraction of sp³-hybridized carbons (Fsp3) is 0.353. The van der Waals surface area contributed by atoms with Crippen LogP contribution in [0.1, 0.15) is 35.8 Å². The Labute approximate surface area is 149 Å². The number of carbonyl (C=O) groups excluding carboxylic acids is 1. The van der Waals surface area contributed by atoms with Gasteiger partial charge < -0.3 is 20.1 Å². The second-order valence-corrected chi connectivity index (χ2v) is 6.11. The first-order valence-electron chi connectivity index (χ1n) is 7.80. The zero-order valence-electron chi connectivity index (χ0n) is 13.9. The van der Waals surface area contributed by atoms with Crippen molar-refractivity contribution in [2.45, 2.75) is 39.3 Å². The Morgan fingerprint density at radius 1 is 1.28 bits per heavy atom. The third kappa shape index (κ3) is 3.93. The monoisotopic (exact) mass is 366 g/mol. The van der Waals surface area contributed by atoms with E-state index >= 15 is 0 Å². The zero-order chi connectivity index (χ0) is 18.7. The van der Waals surface area contributed by atoms with Crippen molar-refractivity contribution in [3.05, 3.63) is 34.5 Å². The molecule has 1 aromatic carbocycles. The van der Waals surface area contributed by atoms with E-state index in [1.165, 1.54) is 0 Å². The molecule has 0 saturated carbocycles. The van der Waals surface area contributed by atoms with Crippen LogP contribution < -0.4 is 5.32 Å². The Kier molecular flexibility index (Phi) is 5.69. The number of nitrogens with zero attached hydrogens (tertiary/aromatic N) is 1. The number of carboxylic acids is 2. The molecule has 1 amide bonds. The summed E-state index contributed by atoms with van der Waals surface area (Å²) in [5.41, 5.74) is 1.87. The molecule has 1 heterocycles. The van der Waals surface area contributed by atoms with E-state index < -0.39 is 23.9 Å². The van der Waals surface area contributed by atoms with E-state index in [0.717, 1.165) is 10.9 Å². The van der Waals surface area contributed by atoms with Crippen LogP contribution in [0.15, 0.2) is 18.2 Å². The van der Waals surface area contributed by atoms with Crippen molar-refractivity contribution in [3.8, 4) is 0 Å². The number of halogens is 1. The minimum Gasteiger partial charge on any atom is -0.481 e.